The lowest BCUT2D eigenvalue weighted by molar-refractivity contribution is -0.0382. The molecule has 1 aromatic heterocycles. The molecule has 1 N–H and O–H groups in total. The third-order valence-corrected chi connectivity index (χ3v) is 2.45. The van der Waals surface area contributed by atoms with Crippen LogP contribution in [0.3, 0.4) is 0 Å². The normalized spacial score (nSPS) is 19.9. The highest BCUT2D eigenvalue weighted by atomic mass is 16.5. The third-order valence-electron chi connectivity index (χ3n) is 2.45. The molecule has 2 heterocycles. The lowest BCUT2D eigenvalue weighted by Crippen LogP contribution is -2.30. The number of methoxy groups -OCH3 is 1. The molecule has 82 valence electrons. The monoisotopic (exact) mass is 211 g/mol. The molecule has 1 aliphatic rings. The zero-order valence-electron chi connectivity index (χ0n) is 8.47. The van der Waals surface area contributed by atoms with Crippen molar-refractivity contribution in [3.05, 3.63) is 23.5 Å². The molecule has 0 amide bonds. The largest absolute Gasteiger partial charge is 0.478 e. The molecular weight excluding hydrogens is 198 g/mol. The fourth-order valence-electron chi connectivity index (χ4n) is 1.72. The van der Waals surface area contributed by atoms with E-state index in [1.165, 1.54) is 0 Å². The van der Waals surface area contributed by atoms with E-state index in [4.69, 9.17) is 14.6 Å². The Labute approximate surface area is 87.2 Å². The van der Waals surface area contributed by atoms with Crippen molar-refractivity contribution in [3.63, 3.8) is 0 Å². The molecule has 5 nitrogen and oxygen atoms in total. The summed E-state index contributed by atoms with van der Waals surface area (Å²) in [5.41, 5.74) is 1.21. The number of aromatic nitrogens is 1. The molecule has 0 saturated carbocycles. The Balaban J connectivity index is 2.15. The Bertz CT molecular complexity index is 371. The molecule has 0 unspecified atom stereocenters. The van der Waals surface area contributed by atoms with Crippen LogP contribution in [0.4, 0.5) is 0 Å². The highest BCUT2D eigenvalue weighted by molar-refractivity contribution is 5.87. The first-order chi connectivity index (χ1) is 7.20. The number of ether oxygens (including phenoxy) is 2. The summed E-state index contributed by atoms with van der Waals surface area (Å²) in [6.45, 7) is 1.62. The van der Waals surface area contributed by atoms with Crippen molar-refractivity contribution in [2.45, 2.75) is 19.3 Å². The van der Waals surface area contributed by atoms with Gasteiger partial charge in [0.25, 0.3) is 0 Å². The van der Waals surface area contributed by atoms with Crippen molar-refractivity contribution in [3.8, 4) is 0 Å². The van der Waals surface area contributed by atoms with Crippen LogP contribution >= 0.6 is 0 Å². The van der Waals surface area contributed by atoms with E-state index in [0.717, 1.165) is 5.69 Å². The number of hydrogen-bond acceptors (Lipinski definition) is 3. The van der Waals surface area contributed by atoms with Gasteiger partial charge in [-0.25, -0.2) is 4.79 Å². The first-order valence-electron chi connectivity index (χ1n) is 4.73. The maximum Gasteiger partial charge on any atom is 0.337 e. The molecule has 1 atom stereocenters. The number of aromatic carboxylic acids is 1. The number of hydrogen-bond donors (Lipinski definition) is 1. The zero-order valence-corrected chi connectivity index (χ0v) is 8.47. The van der Waals surface area contributed by atoms with Crippen LogP contribution in [0.1, 0.15) is 16.1 Å². The van der Waals surface area contributed by atoms with E-state index in [2.05, 4.69) is 0 Å². The van der Waals surface area contributed by atoms with Crippen LogP contribution in [0.25, 0.3) is 0 Å². The van der Waals surface area contributed by atoms with Gasteiger partial charge in [-0.15, -0.1) is 0 Å². The number of carboxylic acids is 1. The Hall–Kier alpha value is -1.33. The molecule has 0 aliphatic carbocycles. The Kier molecular flexibility index (Phi) is 2.75. The summed E-state index contributed by atoms with van der Waals surface area (Å²) in [5, 5.41) is 8.82. The molecule has 15 heavy (non-hydrogen) atoms. The minimum absolute atomic E-state index is 0.0107. The Morgan fingerprint density at radius 3 is 3.27 bits per heavy atom. The van der Waals surface area contributed by atoms with Crippen molar-refractivity contribution in [1.82, 2.24) is 4.57 Å². The summed E-state index contributed by atoms with van der Waals surface area (Å²) in [6.07, 6.45) is 1.65. The van der Waals surface area contributed by atoms with Crippen molar-refractivity contribution in [1.29, 1.82) is 0 Å². The Morgan fingerprint density at radius 1 is 1.80 bits per heavy atom. The van der Waals surface area contributed by atoms with Gasteiger partial charge in [0, 0.05) is 19.0 Å². The molecule has 0 fully saturated rings. The summed E-state index contributed by atoms with van der Waals surface area (Å²) in [5.74, 6) is -0.903. The summed E-state index contributed by atoms with van der Waals surface area (Å²) < 4.78 is 12.4. The fourth-order valence-corrected chi connectivity index (χ4v) is 1.72. The number of rotatable bonds is 3. The average molecular weight is 211 g/mol. The quantitative estimate of drug-likeness (QED) is 0.800. The second-order valence-corrected chi connectivity index (χ2v) is 3.57. The molecule has 5 heteroatoms. The van der Waals surface area contributed by atoms with E-state index in [0.29, 0.717) is 25.3 Å². The predicted molar refractivity (Wildman–Crippen MR) is 51.8 cm³/mol. The lowest BCUT2D eigenvalue weighted by Gasteiger charge is -2.24. The minimum Gasteiger partial charge on any atom is -0.478 e. The molecular formula is C10H13NO4. The predicted octanol–water partition coefficient (Wildman–Crippen LogP) is 0.732. The van der Waals surface area contributed by atoms with Gasteiger partial charge in [0.05, 0.1) is 31.4 Å². The van der Waals surface area contributed by atoms with Gasteiger partial charge < -0.3 is 19.1 Å². The van der Waals surface area contributed by atoms with Crippen molar-refractivity contribution < 1.29 is 19.4 Å². The van der Waals surface area contributed by atoms with Gasteiger partial charge in [-0.1, -0.05) is 0 Å². The van der Waals surface area contributed by atoms with Crippen LogP contribution in [-0.2, 0) is 22.6 Å². The van der Waals surface area contributed by atoms with Gasteiger partial charge in [0.15, 0.2) is 0 Å². The number of carbonyl (C=O) groups is 1. The van der Waals surface area contributed by atoms with Gasteiger partial charge in [0.1, 0.15) is 0 Å². The standard InChI is InChI=1S/C10H13NO4/c1-14-6-9-4-11-3-7(10(12)13)2-8(11)5-15-9/h2-3,9H,4-6H2,1H3,(H,12,13)/t9-/m0/s1. The molecule has 1 aromatic rings. The fraction of sp³-hybridized carbons (Fsp3) is 0.500. The zero-order chi connectivity index (χ0) is 10.8. The number of carboxylic acid groups (broad SMARTS) is 1. The van der Waals surface area contributed by atoms with E-state index >= 15 is 0 Å². The molecule has 2 rings (SSSR count). The SMILES string of the molecule is COC[C@@H]1Cn2cc(C(=O)O)cc2CO1. The van der Waals surface area contributed by atoms with Crippen LogP contribution in [-0.4, -0.2) is 35.5 Å². The highest BCUT2D eigenvalue weighted by Crippen LogP contribution is 2.17. The summed E-state index contributed by atoms with van der Waals surface area (Å²) in [4.78, 5) is 10.7. The van der Waals surface area contributed by atoms with Crippen LogP contribution in [0, 0.1) is 0 Å². The van der Waals surface area contributed by atoms with Gasteiger partial charge in [-0.2, -0.15) is 0 Å². The van der Waals surface area contributed by atoms with E-state index in [1.54, 1.807) is 19.4 Å². The number of nitrogens with zero attached hydrogens (tertiary/aromatic N) is 1. The van der Waals surface area contributed by atoms with E-state index < -0.39 is 5.97 Å². The van der Waals surface area contributed by atoms with E-state index in [9.17, 15) is 4.79 Å². The molecule has 0 spiro atoms. The van der Waals surface area contributed by atoms with E-state index in [1.807, 2.05) is 4.57 Å². The first-order valence-corrected chi connectivity index (χ1v) is 4.73. The molecule has 0 saturated heterocycles. The average Bonchev–Trinajstić information content (AvgIpc) is 2.61. The molecule has 0 radical (unpaired) electrons. The third kappa shape index (κ3) is 2.03. The van der Waals surface area contributed by atoms with Crippen LogP contribution in [0.5, 0.6) is 0 Å². The van der Waals surface area contributed by atoms with Crippen LogP contribution in [0.15, 0.2) is 12.3 Å². The summed E-state index contributed by atoms with van der Waals surface area (Å²) in [7, 11) is 1.62. The van der Waals surface area contributed by atoms with Crippen molar-refractivity contribution in [2.75, 3.05) is 13.7 Å². The van der Waals surface area contributed by atoms with Gasteiger partial charge in [-0.05, 0) is 6.07 Å². The van der Waals surface area contributed by atoms with E-state index in [-0.39, 0.29) is 6.10 Å². The maximum absolute atomic E-state index is 10.7. The number of fused-ring (bicyclic) bond motifs is 1. The van der Waals surface area contributed by atoms with Crippen molar-refractivity contribution >= 4 is 5.97 Å². The van der Waals surface area contributed by atoms with Gasteiger partial charge in [0.2, 0.25) is 0 Å². The molecule has 0 aromatic carbocycles. The smallest absolute Gasteiger partial charge is 0.337 e. The summed E-state index contributed by atoms with van der Waals surface area (Å²) in [6, 6.07) is 1.64. The van der Waals surface area contributed by atoms with Crippen molar-refractivity contribution in [2.24, 2.45) is 0 Å². The second kappa shape index (κ2) is 4.04. The topological polar surface area (TPSA) is 60.7 Å². The first kappa shape index (κ1) is 10.2. The maximum atomic E-state index is 10.7. The molecule has 0 bridgehead atoms. The minimum atomic E-state index is -0.903. The highest BCUT2D eigenvalue weighted by Gasteiger charge is 2.20. The van der Waals surface area contributed by atoms with Gasteiger partial charge >= 0.3 is 5.97 Å². The second-order valence-electron chi connectivity index (χ2n) is 3.57. The van der Waals surface area contributed by atoms with Gasteiger partial charge in [-0.3, -0.25) is 0 Å². The van der Waals surface area contributed by atoms with Crippen LogP contribution in [0.2, 0.25) is 0 Å². The lowest BCUT2D eigenvalue weighted by atomic mass is 10.3. The summed E-state index contributed by atoms with van der Waals surface area (Å²) >= 11 is 0. The Morgan fingerprint density at radius 2 is 2.60 bits per heavy atom. The van der Waals surface area contributed by atoms with Crippen LogP contribution < -0.4 is 0 Å². The molecule has 1 aliphatic heterocycles.